The molecule has 24 heavy (non-hydrogen) atoms. The van der Waals surface area contributed by atoms with Gasteiger partial charge in [-0.05, 0) is 43.4 Å². The molecule has 3 atom stereocenters. The van der Waals surface area contributed by atoms with E-state index in [4.69, 9.17) is 19.3 Å². The Bertz CT molecular complexity index is 539. The van der Waals surface area contributed by atoms with Gasteiger partial charge in [-0.3, -0.25) is 0 Å². The highest BCUT2D eigenvalue weighted by molar-refractivity contribution is 5.75. The van der Waals surface area contributed by atoms with Gasteiger partial charge in [0.15, 0.2) is 0 Å². The van der Waals surface area contributed by atoms with Crippen LogP contribution >= 0.6 is 0 Å². The minimum absolute atomic E-state index is 0.148. The van der Waals surface area contributed by atoms with Gasteiger partial charge in [0, 0.05) is 12.8 Å². The Labute approximate surface area is 143 Å². The summed E-state index contributed by atoms with van der Waals surface area (Å²) in [4.78, 5) is 11.1. The largest absolute Gasteiger partial charge is 0.494 e. The van der Waals surface area contributed by atoms with Crippen molar-refractivity contribution in [2.75, 3.05) is 13.2 Å². The number of aliphatic carboxylic acids is 1. The molecule has 0 spiro atoms. The Hall–Kier alpha value is -1.59. The van der Waals surface area contributed by atoms with Gasteiger partial charge in [0.1, 0.15) is 5.75 Å². The summed E-state index contributed by atoms with van der Waals surface area (Å²) in [5.74, 6) is -1.03. The van der Waals surface area contributed by atoms with Crippen molar-refractivity contribution in [3.05, 3.63) is 29.8 Å². The predicted molar refractivity (Wildman–Crippen MR) is 91.3 cm³/mol. The van der Waals surface area contributed by atoms with E-state index in [1.54, 1.807) is 0 Å². The van der Waals surface area contributed by atoms with Crippen LogP contribution < -0.4 is 4.74 Å². The van der Waals surface area contributed by atoms with Crippen molar-refractivity contribution >= 4 is 5.97 Å². The van der Waals surface area contributed by atoms with Crippen molar-refractivity contribution in [2.24, 2.45) is 5.92 Å². The summed E-state index contributed by atoms with van der Waals surface area (Å²) >= 11 is 0. The summed E-state index contributed by atoms with van der Waals surface area (Å²) < 4.78 is 16.7. The molecule has 0 amide bonds. The molecule has 5 heteroatoms. The van der Waals surface area contributed by atoms with E-state index in [1.807, 2.05) is 19.1 Å². The van der Waals surface area contributed by atoms with Gasteiger partial charge in [0.25, 0.3) is 5.79 Å². The van der Waals surface area contributed by atoms with E-state index in [1.165, 1.54) is 12.5 Å². The van der Waals surface area contributed by atoms with E-state index in [0.29, 0.717) is 19.1 Å². The molecule has 1 aliphatic heterocycles. The summed E-state index contributed by atoms with van der Waals surface area (Å²) in [6.07, 6.45) is 1.60. The number of carboxylic acid groups (broad SMARTS) is 1. The normalized spacial score (nSPS) is 27.2. The molecule has 0 radical (unpaired) electrons. The Morgan fingerprint density at radius 1 is 1.38 bits per heavy atom. The van der Waals surface area contributed by atoms with E-state index in [2.05, 4.69) is 26.0 Å². The molecule has 0 aromatic heterocycles. The highest BCUT2D eigenvalue weighted by atomic mass is 16.7. The summed E-state index contributed by atoms with van der Waals surface area (Å²) in [7, 11) is 0. The van der Waals surface area contributed by atoms with E-state index >= 15 is 0 Å². The SMILES string of the molecule is CC(C)c1ccc(OCCCC2COC(C)(C(=O)O)OC2C)cc1. The minimum atomic E-state index is -1.52. The van der Waals surface area contributed by atoms with Gasteiger partial charge >= 0.3 is 5.97 Å². The van der Waals surface area contributed by atoms with Gasteiger partial charge in [-0.1, -0.05) is 26.0 Å². The molecule has 0 saturated carbocycles. The summed E-state index contributed by atoms with van der Waals surface area (Å²) in [6, 6.07) is 8.20. The van der Waals surface area contributed by atoms with Crippen LogP contribution in [0.15, 0.2) is 24.3 Å². The fourth-order valence-corrected chi connectivity index (χ4v) is 2.80. The maximum atomic E-state index is 11.1. The van der Waals surface area contributed by atoms with E-state index in [0.717, 1.165) is 18.6 Å². The van der Waals surface area contributed by atoms with Crippen LogP contribution in [0.1, 0.15) is 52.0 Å². The van der Waals surface area contributed by atoms with Gasteiger partial charge in [0.2, 0.25) is 0 Å². The Morgan fingerprint density at radius 2 is 2.04 bits per heavy atom. The first kappa shape index (κ1) is 18.7. The smallest absolute Gasteiger partial charge is 0.364 e. The van der Waals surface area contributed by atoms with Crippen LogP contribution in [0.4, 0.5) is 0 Å². The first-order valence-corrected chi connectivity index (χ1v) is 8.60. The molecule has 0 aliphatic carbocycles. The zero-order valence-corrected chi connectivity index (χ0v) is 15.0. The third-order valence-electron chi connectivity index (χ3n) is 4.57. The lowest BCUT2D eigenvalue weighted by molar-refractivity contribution is -0.292. The number of hydrogen-bond acceptors (Lipinski definition) is 4. The highest BCUT2D eigenvalue weighted by Gasteiger charge is 2.43. The van der Waals surface area contributed by atoms with Crippen LogP contribution in [0.25, 0.3) is 0 Å². The zero-order valence-electron chi connectivity index (χ0n) is 15.0. The Balaban J connectivity index is 1.72. The van der Waals surface area contributed by atoms with Gasteiger partial charge in [0.05, 0.1) is 19.3 Å². The third-order valence-corrected chi connectivity index (χ3v) is 4.57. The van der Waals surface area contributed by atoms with Crippen molar-refractivity contribution in [3.8, 4) is 5.75 Å². The molecule has 1 saturated heterocycles. The van der Waals surface area contributed by atoms with E-state index in [9.17, 15) is 4.79 Å². The van der Waals surface area contributed by atoms with Crippen molar-refractivity contribution in [3.63, 3.8) is 0 Å². The lowest BCUT2D eigenvalue weighted by Gasteiger charge is -2.39. The van der Waals surface area contributed by atoms with Crippen LogP contribution in [-0.4, -0.2) is 36.2 Å². The summed E-state index contributed by atoms with van der Waals surface area (Å²) in [5, 5.41) is 9.13. The van der Waals surface area contributed by atoms with Crippen LogP contribution in [0.3, 0.4) is 0 Å². The van der Waals surface area contributed by atoms with Crippen LogP contribution in [0, 0.1) is 5.92 Å². The zero-order chi connectivity index (χ0) is 17.7. The second-order valence-corrected chi connectivity index (χ2v) is 6.86. The Morgan fingerprint density at radius 3 is 2.58 bits per heavy atom. The fraction of sp³-hybridized carbons (Fsp3) is 0.632. The number of ether oxygens (including phenoxy) is 3. The third kappa shape index (κ3) is 4.71. The van der Waals surface area contributed by atoms with Gasteiger partial charge in [-0.2, -0.15) is 0 Å². The predicted octanol–water partition coefficient (Wildman–Crippen LogP) is 3.82. The second kappa shape index (κ2) is 7.99. The van der Waals surface area contributed by atoms with E-state index in [-0.39, 0.29) is 12.0 Å². The topological polar surface area (TPSA) is 65.0 Å². The number of benzene rings is 1. The molecule has 0 bridgehead atoms. The molecule has 3 unspecified atom stereocenters. The van der Waals surface area contributed by atoms with Gasteiger partial charge in [-0.15, -0.1) is 0 Å². The molecule has 134 valence electrons. The number of carbonyl (C=O) groups is 1. The fourth-order valence-electron chi connectivity index (χ4n) is 2.80. The summed E-state index contributed by atoms with van der Waals surface area (Å²) in [5.41, 5.74) is 1.30. The first-order valence-electron chi connectivity index (χ1n) is 8.60. The molecular formula is C19H28O5. The van der Waals surface area contributed by atoms with Crippen LogP contribution in [0.2, 0.25) is 0 Å². The molecule has 1 aliphatic rings. The van der Waals surface area contributed by atoms with Crippen molar-refractivity contribution in [2.45, 2.75) is 58.3 Å². The lowest BCUT2D eigenvalue weighted by atomic mass is 9.97. The minimum Gasteiger partial charge on any atom is -0.494 e. The van der Waals surface area contributed by atoms with Crippen LogP contribution in [0.5, 0.6) is 5.75 Å². The maximum Gasteiger partial charge on any atom is 0.364 e. The van der Waals surface area contributed by atoms with Crippen molar-refractivity contribution in [1.82, 2.24) is 0 Å². The molecule has 1 heterocycles. The average molecular weight is 336 g/mol. The number of carboxylic acids is 1. The maximum absolute atomic E-state index is 11.1. The first-order chi connectivity index (χ1) is 11.3. The molecule has 1 N–H and O–H groups in total. The molecule has 1 aromatic carbocycles. The lowest BCUT2D eigenvalue weighted by Crippen LogP contribution is -2.51. The monoisotopic (exact) mass is 336 g/mol. The van der Waals surface area contributed by atoms with Gasteiger partial charge in [-0.25, -0.2) is 4.79 Å². The quantitative estimate of drug-likeness (QED) is 0.767. The van der Waals surface area contributed by atoms with Crippen molar-refractivity contribution < 1.29 is 24.1 Å². The standard InChI is InChI=1S/C19H28O5/c1-13(2)15-7-9-17(10-8-15)22-11-5-6-16-12-23-19(4,18(20)21)24-14(16)3/h7-10,13-14,16H,5-6,11-12H2,1-4H3,(H,20,21). The second-order valence-electron chi connectivity index (χ2n) is 6.86. The molecular weight excluding hydrogens is 308 g/mol. The molecule has 2 rings (SSSR count). The van der Waals surface area contributed by atoms with Crippen molar-refractivity contribution in [1.29, 1.82) is 0 Å². The number of rotatable bonds is 7. The molecule has 1 aromatic rings. The average Bonchev–Trinajstić information content (AvgIpc) is 2.53. The highest BCUT2D eigenvalue weighted by Crippen LogP contribution is 2.29. The van der Waals surface area contributed by atoms with E-state index < -0.39 is 11.8 Å². The number of hydrogen-bond donors (Lipinski definition) is 1. The summed E-state index contributed by atoms with van der Waals surface area (Å²) in [6.45, 7) is 8.71. The van der Waals surface area contributed by atoms with Gasteiger partial charge < -0.3 is 19.3 Å². The Kier molecular flexibility index (Phi) is 6.24. The molecule has 5 nitrogen and oxygen atoms in total. The van der Waals surface area contributed by atoms with Crippen LogP contribution in [-0.2, 0) is 14.3 Å². The molecule has 1 fully saturated rings.